The maximum atomic E-state index is 5.72. The van der Waals surface area contributed by atoms with Crippen LogP contribution < -0.4 is 15.8 Å². The van der Waals surface area contributed by atoms with E-state index in [4.69, 9.17) is 10.5 Å². The van der Waals surface area contributed by atoms with Crippen molar-refractivity contribution in [3.8, 4) is 5.75 Å². The minimum Gasteiger partial charge on any atom is -0.497 e. The Morgan fingerprint density at radius 3 is 2.39 bits per heavy atom. The lowest BCUT2D eigenvalue weighted by molar-refractivity contribution is 0.404. The minimum absolute atomic E-state index is 0.431. The summed E-state index contributed by atoms with van der Waals surface area (Å²) in [4.78, 5) is 0. The van der Waals surface area contributed by atoms with Crippen molar-refractivity contribution in [2.24, 2.45) is 11.7 Å². The molecule has 3 heteroatoms. The van der Waals surface area contributed by atoms with Gasteiger partial charge in [0.1, 0.15) is 5.75 Å². The van der Waals surface area contributed by atoms with Gasteiger partial charge in [0.15, 0.2) is 0 Å². The van der Waals surface area contributed by atoms with Crippen molar-refractivity contribution >= 4 is 0 Å². The van der Waals surface area contributed by atoms with Gasteiger partial charge in [0, 0.05) is 12.6 Å². The highest BCUT2D eigenvalue weighted by Crippen LogP contribution is 2.12. The number of hydrogen-bond donors (Lipinski definition) is 2. The third-order valence-electron chi connectivity index (χ3n) is 3.27. The first-order chi connectivity index (χ1) is 8.67. The minimum atomic E-state index is 0.431. The average molecular weight is 250 g/mol. The Bertz CT molecular complexity index is 322. The monoisotopic (exact) mass is 250 g/mol. The van der Waals surface area contributed by atoms with Gasteiger partial charge in [0.05, 0.1) is 7.11 Å². The summed E-state index contributed by atoms with van der Waals surface area (Å²) in [6, 6.07) is 8.71. The molecule has 3 nitrogen and oxygen atoms in total. The van der Waals surface area contributed by atoms with E-state index in [1.165, 1.54) is 5.56 Å². The molecule has 0 radical (unpaired) electrons. The molecule has 18 heavy (non-hydrogen) atoms. The van der Waals surface area contributed by atoms with E-state index in [1.54, 1.807) is 7.11 Å². The van der Waals surface area contributed by atoms with Crippen LogP contribution in [0.1, 0.15) is 25.8 Å². The Hall–Kier alpha value is -1.06. The Kier molecular flexibility index (Phi) is 6.76. The van der Waals surface area contributed by atoms with Crippen LogP contribution in [0.15, 0.2) is 24.3 Å². The Labute approximate surface area is 111 Å². The van der Waals surface area contributed by atoms with Crippen molar-refractivity contribution in [2.75, 3.05) is 20.2 Å². The molecule has 1 rings (SSSR count). The maximum absolute atomic E-state index is 5.72. The first kappa shape index (κ1) is 15.0. The molecule has 0 amide bonds. The van der Waals surface area contributed by atoms with E-state index in [0.717, 1.165) is 25.1 Å². The number of methoxy groups -OCH3 is 1. The topological polar surface area (TPSA) is 47.3 Å². The van der Waals surface area contributed by atoms with Crippen LogP contribution in [-0.2, 0) is 6.42 Å². The lowest BCUT2D eigenvalue weighted by atomic mass is 10.0. The molecule has 102 valence electrons. The van der Waals surface area contributed by atoms with Crippen LogP contribution in [-0.4, -0.2) is 26.2 Å². The van der Waals surface area contributed by atoms with E-state index in [2.05, 4.69) is 31.3 Å². The molecule has 3 N–H and O–H groups in total. The van der Waals surface area contributed by atoms with Gasteiger partial charge in [-0.15, -0.1) is 0 Å². The van der Waals surface area contributed by atoms with Crippen molar-refractivity contribution in [2.45, 2.75) is 32.7 Å². The number of benzene rings is 1. The summed E-state index contributed by atoms with van der Waals surface area (Å²) in [6.07, 6.45) is 2.22. The molecule has 1 atom stereocenters. The van der Waals surface area contributed by atoms with E-state index in [0.29, 0.717) is 18.5 Å². The van der Waals surface area contributed by atoms with Crippen LogP contribution in [0.25, 0.3) is 0 Å². The SMILES string of the molecule is COc1ccc(CCCNC(CN)C(C)C)cc1. The molecule has 0 saturated carbocycles. The molecule has 0 aliphatic rings. The van der Waals surface area contributed by atoms with Gasteiger partial charge in [-0.3, -0.25) is 0 Å². The third-order valence-corrected chi connectivity index (χ3v) is 3.27. The molecule has 0 bridgehead atoms. The number of aryl methyl sites for hydroxylation is 1. The van der Waals surface area contributed by atoms with E-state index in [9.17, 15) is 0 Å². The predicted molar refractivity (Wildman–Crippen MR) is 77.0 cm³/mol. The predicted octanol–water partition coefficient (Wildman–Crippen LogP) is 2.20. The number of hydrogen-bond acceptors (Lipinski definition) is 3. The lowest BCUT2D eigenvalue weighted by Crippen LogP contribution is -2.40. The summed E-state index contributed by atoms with van der Waals surface area (Å²) in [5, 5.41) is 3.51. The van der Waals surface area contributed by atoms with Gasteiger partial charge in [0.25, 0.3) is 0 Å². The van der Waals surface area contributed by atoms with E-state index in [1.807, 2.05) is 12.1 Å². The summed E-state index contributed by atoms with van der Waals surface area (Å²) in [5.74, 6) is 1.51. The Morgan fingerprint density at radius 2 is 1.89 bits per heavy atom. The molecule has 0 aliphatic heterocycles. The summed E-state index contributed by atoms with van der Waals surface area (Å²) < 4.78 is 5.14. The van der Waals surface area contributed by atoms with Crippen LogP contribution >= 0.6 is 0 Å². The second-order valence-electron chi connectivity index (χ2n) is 4.99. The quantitative estimate of drug-likeness (QED) is 0.695. The van der Waals surface area contributed by atoms with Gasteiger partial charge in [-0.1, -0.05) is 26.0 Å². The number of ether oxygens (including phenoxy) is 1. The summed E-state index contributed by atoms with van der Waals surface area (Å²) in [6.45, 7) is 6.13. The van der Waals surface area contributed by atoms with E-state index >= 15 is 0 Å². The molecule has 0 heterocycles. The molecular weight excluding hydrogens is 224 g/mol. The van der Waals surface area contributed by atoms with E-state index in [-0.39, 0.29) is 0 Å². The third kappa shape index (κ3) is 5.07. The summed E-state index contributed by atoms with van der Waals surface area (Å²) >= 11 is 0. The van der Waals surface area contributed by atoms with Crippen molar-refractivity contribution in [1.82, 2.24) is 5.32 Å². The number of nitrogens with one attached hydrogen (secondary N) is 1. The highest BCUT2D eigenvalue weighted by atomic mass is 16.5. The van der Waals surface area contributed by atoms with Gasteiger partial charge < -0.3 is 15.8 Å². The Balaban J connectivity index is 2.24. The normalized spacial score (nSPS) is 12.7. The number of rotatable bonds is 8. The highest BCUT2D eigenvalue weighted by Gasteiger charge is 2.09. The van der Waals surface area contributed by atoms with Gasteiger partial charge in [0.2, 0.25) is 0 Å². The van der Waals surface area contributed by atoms with Crippen LogP contribution in [0.2, 0.25) is 0 Å². The molecule has 0 fully saturated rings. The van der Waals surface area contributed by atoms with Crippen LogP contribution in [0, 0.1) is 5.92 Å². The summed E-state index contributed by atoms with van der Waals surface area (Å²) in [7, 11) is 1.69. The fourth-order valence-corrected chi connectivity index (χ4v) is 1.96. The number of nitrogens with two attached hydrogens (primary N) is 1. The first-order valence-corrected chi connectivity index (χ1v) is 6.73. The second kappa shape index (κ2) is 8.11. The second-order valence-corrected chi connectivity index (χ2v) is 4.99. The molecule has 1 aromatic rings. The Morgan fingerprint density at radius 1 is 1.22 bits per heavy atom. The zero-order chi connectivity index (χ0) is 13.4. The zero-order valence-corrected chi connectivity index (χ0v) is 11.8. The molecule has 0 saturated heterocycles. The van der Waals surface area contributed by atoms with Crippen LogP contribution in [0.5, 0.6) is 5.75 Å². The fraction of sp³-hybridized carbons (Fsp3) is 0.600. The molecule has 0 aliphatic carbocycles. The highest BCUT2D eigenvalue weighted by molar-refractivity contribution is 5.27. The smallest absolute Gasteiger partial charge is 0.118 e. The average Bonchev–Trinajstić information content (AvgIpc) is 2.39. The molecule has 1 unspecified atom stereocenters. The fourth-order valence-electron chi connectivity index (χ4n) is 1.96. The largest absolute Gasteiger partial charge is 0.497 e. The van der Waals surface area contributed by atoms with Crippen molar-refractivity contribution in [1.29, 1.82) is 0 Å². The van der Waals surface area contributed by atoms with Gasteiger partial charge in [-0.25, -0.2) is 0 Å². The van der Waals surface area contributed by atoms with E-state index < -0.39 is 0 Å². The van der Waals surface area contributed by atoms with Crippen LogP contribution in [0.4, 0.5) is 0 Å². The first-order valence-electron chi connectivity index (χ1n) is 6.73. The molecule has 0 spiro atoms. The van der Waals surface area contributed by atoms with Crippen molar-refractivity contribution < 1.29 is 4.74 Å². The molecule has 0 aromatic heterocycles. The van der Waals surface area contributed by atoms with Crippen molar-refractivity contribution in [3.63, 3.8) is 0 Å². The maximum Gasteiger partial charge on any atom is 0.118 e. The zero-order valence-electron chi connectivity index (χ0n) is 11.8. The van der Waals surface area contributed by atoms with Gasteiger partial charge in [-0.2, -0.15) is 0 Å². The standard InChI is InChI=1S/C15H26N2O/c1-12(2)15(11-16)17-10-4-5-13-6-8-14(18-3)9-7-13/h6-9,12,15,17H,4-5,10-11,16H2,1-3H3. The molecular formula is C15H26N2O. The van der Waals surface area contributed by atoms with Crippen molar-refractivity contribution in [3.05, 3.63) is 29.8 Å². The van der Waals surface area contributed by atoms with Gasteiger partial charge >= 0.3 is 0 Å². The van der Waals surface area contributed by atoms with Crippen LogP contribution in [0.3, 0.4) is 0 Å². The lowest BCUT2D eigenvalue weighted by Gasteiger charge is -2.20. The summed E-state index contributed by atoms with van der Waals surface area (Å²) in [5.41, 5.74) is 7.08. The van der Waals surface area contributed by atoms with Gasteiger partial charge in [-0.05, 0) is 43.0 Å². The molecule has 1 aromatic carbocycles.